The van der Waals surface area contributed by atoms with Crippen molar-refractivity contribution in [2.24, 2.45) is 0 Å². The molecule has 1 aromatic heterocycles. The van der Waals surface area contributed by atoms with E-state index in [4.69, 9.17) is 5.11 Å². The van der Waals surface area contributed by atoms with Gasteiger partial charge in [0.25, 0.3) is 0 Å². The third-order valence-electron chi connectivity index (χ3n) is 2.54. The molecule has 0 aromatic carbocycles. The number of carboxylic acid groups (broad SMARTS) is 1. The molecule has 1 atom stereocenters. The Morgan fingerprint density at radius 2 is 2.40 bits per heavy atom. The Morgan fingerprint density at radius 1 is 1.60 bits per heavy atom. The number of anilines is 1. The van der Waals surface area contributed by atoms with Gasteiger partial charge in [0.15, 0.2) is 0 Å². The van der Waals surface area contributed by atoms with E-state index in [9.17, 15) is 4.79 Å². The molecule has 15 heavy (non-hydrogen) atoms. The van der Waals surface area contributed by atoms with E-state index in [2.05, 4.69) is 27.6 Å². The zero-order valence-corrected chi connectivity index (χ0v) is 10.2. The first-order valence-electron chi connectivity index (χ1n) is 4.79. The van der Waals surface area contributed by atoms with E-state index in [1.165, 1.54) is 0 Å². The summed E-state index contributed by atoms with van der Waals surface area (Å²) in [6.45, 7) is 0.782. The first-order chi connectivity index (χ1) is 7.18. The molecule has 80 valence electrons. The molecule has 1 saturated heterocycles. The zero-order valence-electron chi connectivity index (χ0n) is 8.06. The third-order valence-corrected chi connectivity index (χ3v) is 3.18. The Hall–Kier alpha value is -0.850. The molecule has 4 nitrogen and oxygen atoms in total. The molecule has 1 N–H and O–H groups in total. The quantitative estimate of drug-likeness (QED) is 0.844. The molecular weight excluding hydrogens is 307 g/mol. The molecular formula is C10H11IN2O2. The van der Waals surface area contributed by atoms with E-state index in [1.807, 2.05) is 17.0 Å². The zero-order chi connectivity index (χ0) is 10.8. The first kappa shape index (κ1) is 10.7. The summed E-state index contributed by atoms with van der Waals surface area (Å²) < 4.78 is 1.06. The van der Waals surface area contributed by atoms with E-state index >= 15 is 0 Å². The summed E-state index contributed by atoms with van der Waals surface area (Å²) >= 11 is 2.18. The number of carboxylic acids is 1. The van der Waals surface area contributed by atoms with Crippen LogP contribution in [0, 0.1) is 3.57 Å². The Bertz CT molecular complexity index is 366. The van der Waals surface area contributed by atoms with Gasteiger partial charge in [-0.05, 0) is 47.6 Å². The van der Waals surface area contributed by atoms with Crippen molar-refractivity contribution in [3.05, 3.63) is 21.9 Å². The Balaban J connectivity index is 2.22. The molecule has 0 bridgehead atoms. The van der Waals surface area contributed by atoms with Crippen LogP contribution in [0.3, 0.4) is 0 Å². The topological polar surface area (TPSA) is 53.4 Å². The number of halogens is 1. The molecule has 0 saturated carbocycles. The molecule has 0 radical (unpaired) electrons. The molecule has 1 aliphatic rings. The summed E-state index contributed by atoms with van der Waals surface area (Å²) in [6, 6.07) is 3.42. The lowest BCUT2D eigenvalue weighted by Crippen LogP contribution is -2.36. The van der Waals surface area contributed by atoms with Gasteiger partial charge in [-0.2, -0.15) is 0 Å². The predicted molar refractivity (Wildman–Crippen MR) is 65.0 cm³/mol. The maximum atomic E-state index is 11.0. The van der Waals surface area contributed by atoms with Crippen molar-refractivity contribution in [1.82, 2.24) is 4.98 Å². The minimum atomic E-state index is -0.757. The van der Waals surface area contributed by atoms with Crippen molar-refractivity contribution >= 4 is 34.4 Å². The van der Waals surface area contributed by atoms with Crippen LogP contribution in [0.5, 0.6) is 0 Å². The van der Waals surface area contributed by atoms with Crippen molar-refractivity contribution in [2.75, 3.05) is 11.4 Å². The average molecular weight is 318 g/mol. The van der Waals surface area contributed by atoms with Gasteiger partial charge in [-0.3, -0.25) is 0 Å². The highest BCUT2D eigenvalue weighted by Crippen LogP contribution is 2.24. The molecule has 1 aliphatic heterocycles. The van der Waals surface area contributed by atoms with Crippen LogP contribution in [0.2, 0.25) is 0 Å². The second-order valence-corrected chi connectivity index (χ2v) is 4.77. The molecule has 0 spiro atoms. The highest BCUT2D eigenvalue weighted by molar-refractivity contribution is 14.1. The fraction of sp³-hybridized carbons (Fsp3) is 0.400. The maximum absolute atomic E-state index is 11.0. The number of pyridine rings is 1. The van der Waals surface area contributed by atoms with Crippen LogP contribution in [0.1, 0.15) is 12.8 Å². The molecule has 1 fully saturated rings. The molecule has 2 rings (SSSR count). The number of hydrogen-bond donors (Lipinski definition) is 1. The van der Waals surface area contributed by atoms with Gasteiger partial charge in [0.2, 0.25) is 0 Å². The van der Waals surface area contributed by atoms with E-state index in [0.29, 0.717) is 6.42 Å². The minimum Gasteiger partial charge on any atom is -0.480 e. The largest absolute Gasteiger partial charge is 0.480 e. The first-order valence-corrected chi connectivity index (χ1v) is 5.87. The van der Waals surface area contributed by atoms with Crippen LogP contribution < -0.4 is 4.90 Å². The van der Waals surface area contributed by atoms with Crippen molar-refractivity contribution in [2.45, 2.75) is 18.9 Å². The van der Waals surface area contributed by atoms with Crippen molar-refractivity contribution < 1.29 is 9.90 Å². The molecule has 0 unspecified atom stereocenters. The van der Waals surface area contributed by atoms with Gasteiger partial charge < -0.3 is 10.0 Å². The second kappa shape index (κ2) is 4.34. The normalized spacial score (nSPS) is 20.6. The summed E-state index contributed by atoms with van der Waals surface area (Å²) in [7, 11) is 0. The van der Waals surface area contributed by atoms with Crippen molar-refractivity contribution in [1.29, 1.82) is 0 Å². The Morgan fingerprint density at radius 3 is 3.00 bits per heavy atom. The van der Waals surface area contributed by atoms with Crippen LogP contribution in [-0.4, -0.2) is 28.6 Å². The number of rotatable bonds is 2. The maximum Gasteiger partial charge on any atom is 0.326 e. The monoisotopic (exact) mass is 318 g/mol. The van der Waals surface area contributed by atoms with Crippen LogP contribution in [-0.2, 0) is 4.79 Å². The fourth-order valence-electron chi connectivity index (χ4n) is 1.84. The Kier molecular flexibility index (Phi) is 3.08. The molecule has 0 amide bonds. The SMILES string of the molecule is O=C(O)[C@@H]1CCCN1c1ccc(I)cn1. The van der Waals surface area contributed by atoms with E-state index in [1.54, 1.807) is 6.20 Å². The summed E-state index contributed by atoms with van der Waals surface area (Å²) in [5.41, 5.74) is 0. The van der Waals surface area contributed by atoms with Gasteiger partial charge in [0.05, 0.1) is 0 Å². The number of aliphatic carboxylic acids is 1. The summed E-state index contributed by atoms with van der Waals surface area (Å²) in [6.07, 6.45) is 3.39. The number of nitrogens with zero attached hydrogens (tertiary/aromatic N) is 2. The number of hydrogen-bond acceptors (Lipinski definition) is 3. The van der Waals surface area contributed by atoms with Gasteiger partial charge >= 0.3 is 5.97 Å². The highest BCUT2D eigenvalue weighted by Gasteiger charge is 2.31. The van der Waals surface area contributed by atoms with Gasteiger partial charge in [0, 0.05) is 16.3 Å². The lowest BCUT2D eigenvalue weighted by atomic mass is 10.2. The van der Waals surface area contributed by atoms with E-state index in [0.717, 1.165) is 22.4 Å². The van der Waals surface area contributed by atoms with Crippen LogP contribution in [0.25, 0.3) is 0 Å². The van der Waals surface area contributed by atoms with Gasteiger partial charge in [-0.25, -0.2) is 9.78 Å². The van der Waals surface area contributed by atoms with Gasteiger partial charge in [-0.1, -0.05) is 0 Å². The highest BCUT2D eigenvalue weighted by atomic mass is 127. The van der Waals surface area contributed by atoms with Crippen molar-refractivity contribution in [3.63, 3.8) is 0 Å². The van der Waals surface area contributed by atoms with Crippen LogP contribution >= 0.6 is 22.6 Å². The van der Waals surface area contributed by atoms with Crippen LogP contribution in [0.4, 0.5) is 5.82 Å². The summed E-state index contributed by atoms with van der Waals surface area (Å²) in [5, 5.41) is 9.03. The Labute approximate surface area is 101 Å². The van der Waals surface area contributed by atoms with Gasteiger partial charge in [0.1, 0.15) is 11.9 Å². The number of aromatic nitrogens is 1. The lowest BCUT2D eigenvalue weighted by molar-refractivity contribution is -0.138. The fourth-order valence-corrected chi connectivity index (χ4v) is 2.15. The molecule has 0 aliphatic carbocycles. The number of carbonyl (C=O) groups is 1. The second-order valence-electron chi connectivity index (χ2n) is 3.52. The predicted octanol–water partition coefficient (Wildman–Crippen LogP) is 1.74. The minimum absolute atomic E-state index is 0.405. The molecule has 5 heteroatoms. The molecule has 2 heterocycles. The third kappa shape index (κ3) is 2.22. The molecule has 1 aromatic rings. The summed E-state index contributed by atoms with van der Waals surface area (Å²) in [4.78, 5) is 17.1. The van der Waals surface area contributed by atoms with E-state index < -0.39 is 12.0 Å². The lowest BCUT2D eigenvalue weighted by Gasteiger charge is -2.22. The standard InChI is InChI=1S/C10H11IN2O2/c11-7-3-4-9(12-6-7)13-5-1-2-8(13)10(14)15/h3-4,6,8H,1-2,5H2,(H,14,15)/t8-/m0/s1. The average Bonchev–Trinajstić information content (AvgIpc) is 2.67. The van der Waals surface area contributed by atoms with Gasteiger partial charge in [-0.15, -0.1) is 0 Å². The smallest absolute Gasteiger partial charge is 0.326 e. The van der Waals surface area contributed by atoms with Crippen molar-refractivity contribution in [3.8, 4) is 0 Å². The van der Waals surface area contributed by atoms with Crippen LogP contribution in [0.15, 0.2) is 18.3 Å². The van der Waals surface area contributed by atoms with E-state index in [-0.39, 0.29) is 0 Å². The summed E-state index contributed by atoms with van der Waals surface area (Å²) in [5.74, 6) is 0.00756.